The predicted molar refractivity (Wildman–Crippen MR) is 98.8 cm³/mol. The Morgan fingerprint density at radius 3 is 2.84 bits per heavy atom. The van der Waals surface area contributed by atoms with Crippen LogP contribution in [0.5, 0.6) is 0 Å². The number of aromatic nitrogens is 2. The van der Waals surface area contributed by atoms with E-state index in [1.54, 1.807) is 7.11 Å². The number of ether oxygens (including phenoxy) is 1. The number of carbonyl (C=O) groups excluding carboxylic acids is 1. The second-order valence-corrected chi connectivity index (χ2v) is 6.04. The van der Waals surface area contributed by atoms with Gasteiger partial charge in [0.2, 0.25) is 0 Å². The number of hydrogen-bond acceptors (Lipinski definition) is 3. The molecular weight excluding hydrogens is 314 g/mol. The summed E-state index contributed by atoms with van der Waals surface area (Å²) in [5.74, 6) is 0.908. The van der Waals surface area contributed by atoms with E-state index in [2.05, 4.69) is 16.0 Å². The SMILES string of the molecule is COCCn1c(CCNC(=O)c2cccc(C)c2)nc2ccccc21. The summed E-state index contributed by atoms with van der Waals surface area (Å²) in [4.78, 5) is 17.0. The lowest BCUT2D eigenvalue weighted by atomic mass is 10.1. The van der Waals surface area contributed by atoms with Crippen molar-refractivity contribution in [3.63, 3.8) is 0 Å². The highest BCUT2D eigenvalue weighted by atomic mass is 16.5. The topological polar surface area (TPSA) is 56.1 Å². The Balaban J connectivity index is 1.69. The third-order valence-corrected chi connectivity index (χ3v) is 4.17. The summed E-state index contributed by atoms with van der Waals surface area (Å²) in [6.45, 7) is 3.90. The van der Waals surface area contributed by atoms with Crippen LogP contribution >= 0.6 is 0 Å². The lowest BCUT2D eigenvalue weighted by Crippen LogP contribution is -2.26. The summed E-state index contributed by atoms with van der Waals surface area (Å²) in [5.41, 5.74) is 3.83. The van der Waals surface area contributed by atoms with E-state index >= 15 is 0 Å². The highest BCUT2D eigenvalue weighted by molar-refractivity contribution is 5.94. The number of fused-ring (bicyclic) bond motifs is 1. The maximum atomic E-state index is 12.3. The Kier molecular flexibility index (Phi) is 5.46. The highest BCUT2D eigenvalue weighted by Gasteiger charge is 2.11. The highest BCUT2D eigenvalue weighted by Crippen LogP contribution is 2.16. The second-order valence-electron chi connectivity index (χ2n) is 6.04. The second kappa shape index (κ2) is 7.94. The number of nitrogens with zero attached hydrogens (tertiary/aromatic N) is 2. The van der Waals surface area contributed by atoms with E-state index < -0.39 is 0 Å². The standard InChI is InChI=1S/C20H23N3O2/c1-15-6-5-7-16(14-15)20(24)21-11-10-19-22-17-8-3-4-9-18(17)23(19)12-13-25-2/h3-9,14H,10-13H2,1-2H3,(H,21,24). The zero-order chi connectivity index (χ0) is 17.6. The van der Waals surface area contributed by atoms with Gasteiger partial charge >= 0.3 is 0 Å². The fourth-order valence-corrected chi connectivity index (χ4v) is 2.92. The lowest BCUT2D eigenvalue weighted by Gasteiger charge is -2.09. The van der Waals surface area contributed by atoms with Gasteiger partial charge in [-0.3, -0.25) is 4.79 Å². The molecule has 1 amide bonds. The van der Waals surface area contributed by atoms with E-state index in [0.29, 0.717) is 25.1 Å². The van der Waals surface area contributed by atoms with Crippen LogP contribution in [0.3, 0.4) is 0 Å². The van der Waals surface area contributed by atoms with Crippen LogP contribution in [0.25, 0.3) is 11.0 Å². The smallest absolute Gasteiger partial charge is 0.251 e. The van der Waals surface area contributed by atoms with Crippen LogP contribution in [-0.2, 0) is 17.7 Å². The van der Waals surface area contributed by atoms with E-state index in [-0.39, 0.29) is 5.91 Å². The molecule has 25 heavy (non-hydrogen) atoms. The molecule has 3 rings (SSSR count). The average molecular weight is 337 g/mol. The molecule has 5 heteroatoms. The molecule has 0 spiro atoms. The van der Waals surface area contributed by atoms with Crippen molar-refractivity contribution in [2.24, 2.45) is 0 Å². The zero-order valence-corrected chi connectivity index (χ0v) is 14.7. The molecule has 0 aliphatic carbocycles. The van der Waals surface area contributed by atoms with Crippen LogP contribution in [0, 0.1) is 6.92 Å². The summed E-state index contributed by atoms with van der Waals surface area (Å²) in [7, 11) is 1.70. The normalized spacial score (nSPS) is 11.0. The first kappa shape index (κ1) is 17.2. The molecule has 0 radical (unpaired) electrons. The van der Waals surface area contributed by atoms with Gasteiger partial charge in [0, 0.05) is 32.2 Å². The molecule has 1 aromatic heterocycles. The first-order chi connectivity index (χ1) is 12.2. The largest absolute Gasteiger partial charge is 0.383 e. The molecule has 2 aromatic carbocycles. The molecule has 0 fully saturated rings. The van der Waals surface area contributed by atoms with Crippen LogP contribution in [0.4, 0.5) is 0 Å². The Hall–Kier alpha value is -2.66. The van der Waals surface area contributed by atoms with Crippen molar-refractivity contribution in [3.05, 3.63) is 65.5 Å². The van der Waals surface area contributed by atoms with Crippen molar-refractivity contribution < 1.29 is 9.53 Å². The third kappa shape index (κ3) is 4.06. The summed E-state index contributed by atoms with van der Waals surface area (Å²) in [5, 5.41) is 2.98. The molecule has 0 aliphatic rings. The number of imidazole rings is 1. The minimum absolute atomic E-state index is 0.0525. The fraction of sp³-hybridized carbons (Fsp3) is 0.300. The Labute approximate surface area is 147 Å². The number of benzene rings is 2. The number of methoxy groups -OCH3 is 1. The molecule has 3 aromatic rings. The first-order valence-electron chi connectivity index (χ1n) is 8.47. The van der Waals surface area contributed by atoms with Crippen molar-refractivity contribution in [1.82, 2.24) is 14.9 Å². The van der Waals surface area contributed by atoms with Crippen molar-refractivity contribution >= 4 is 16.9 Å². The number of hydrogen-bond donors (Lipinski definition) is 1. The van der Waals surface area contributed by atoms with E-state index in [9.17, 15) is 4.79 Å². The molecule has 0 bridgehead atoms. The summed E-state index contributed by atoms with van der Waals surface area (Å²) in [6, 6.07) is 15.7. The maximum absolute atomic E-state index is 12.3. The van der Waals surface area contributed by atoms with Crippen LogP contribution in [0.2, 0.25) is 0 Å². The molecule has 1 heterocycles. The van der Waals surface area contributed by atoms with Gasteiger partial charge in [0.15, 0.2) is 0 Å². The molecule has 0 aliphatic heterocycles. The van der Waals surface area contributed by atoms with Gasteiger partial charge in [0.25, 0.3) is 5.91 Å². The molecule has 0 saturated heterocycles. The van der Waals surface area contributed by atoms with Gasteiger partial charge in [-0.1, -0.05) is 29.8 Å². The van der Waals surface area contributed by atoms with Gasteiger partial charge in [-0.25, -0.2) is 4.98 Å². The van der Waals surface area contributed by atoms with Crippen molar-refractivity contribution in [1.29, 1.82) is 0 Å². The lowest BCUT2D eigenvalue weighted by molar-refractivity contribution is 0.0953. The Morgan fingerprint density at radius 1 is 1.20 bits per heavy atom. The number of amides is 1. The Morgan fingerprint density at radius 2 is 2.04 bits per heavy atom. The molecule has 0 atom stereocenters. The van der Waals surface area contributed by atoms with Gasteiger partial charge < -0.3 is 14.6 Å². The average Bonchev–Trinajstić information content (AvgIpc) is 2.97. The monoisotopic (exact) mass is 337 g/mol. The van der Waals surface area contributed by atoms with Gasteiger partial charge in [-0.2, -0.15) is 0 Å². The molecule has 130 valence electrons. The van der Waals surface area contributed by atoms with Crippen molar-refractivity contribution in [3.8, 4) is 0 Å². The number of aryl methyl sites for hydroxylation is 1. The summed E-state index contributed by atoms with van der Waals surface area (Å²) < 4.78 is 7.38. The van der Waals surface area contributed by atoms with Gasteiger partial charge in [0.1, 0.15) is 5.82 Å². The van der Waals surface area contributed by atoms with E-state index in [4.69, 9.17) is 9.72 Å². The summed E-state index contributed by atoms with van der Waals surface area (Å²) in [6.07, 6.45) is 0.677. The molecule has 1 N–H and O–H groups in total. The maximum Gasteiger partial charge on any atom is 0.251 e. The van der Waals surface area contributed by atoms with Crippen LogP contribution < -0.4 is 5.32 Å². The van der Waals surface area contributed by atoms with Crippen molar-refractivity contribution in [2.75, 3.05) is 20.3 Å². The van der Waals surface area contributed by atoms with E-state index in [1.807, 2.05) is 49.4 Å². The van der Waals surface area contributed by atoms with E-state index in [0.717, 1.165) is 29.0 Å². The van der Waals surface area contributed by atoms with E-state index in [1.165, 1.54) is 0 Å². The van der Waals surface area contributed by atoms with Crippen LogP contribution in [0.1, 0.15) is 21.7 Å². The van der Waals surface area contributed by atoms with Crippen molar-refractivity contribution in [2.45, 2.75) is 19.9 Å². The first-order valence-corrected chi connectivity index (χ1v) is 8.47. The number of rotatable bonds is 7. The summed E-state index contributed by atoms with van der Waals surface area (Å²) >= 11 is 0. The Bertz CT molecular complexity index is 870. The van der Waals surface area contributed by atoms with Gasteiger partial charge in [0.05, 0.1) is 17.6 Å². The number of para-hydroxylation sites is 2. The van der Waals surface area contributed by atoms with Gasteiger partial charge in [-0.15, -0.1) is 0 Å². The minimum atomic E-state index is -0.0525. The molecular formula is C20H23N3O2. The zero-order valence-electron chi connectivity index (χ0n) is 14.7. The molecule has 0 saturated carbocycles. The predicted octanol–water partition coefficient (Wildman–Crippen LogP) is 2.96. The fourth-order valence-electron chi connectivity index (χ4n) is 2.92. The third-order valence-electron chi connectivity index (χ3n) is 4.17. The molecule has 0 unspecified atom stereocenters. The molecule has 5 nitrogen and oxygen atoms in total. The van der Waals surface area contributed by atoms with Crippen LogP contribution in [-0.4, -0.2) is 35.7 Å². The quantitative estimate of drug-likeness (QED) is 0.721. The van der Waals surface area contributed by atoms with Crippen LogP contribution in [0.15, 0.2) is 48.5 Å². The number of carbonyl (C=O) groups is 1. The number of nitrogens with one attached hydrogen (secondary N) is 1. The van der Waals surface area contributed by atoms with Gasteiger partial charge in [-0.05, 0) is 31.2 Å². The minimum Gasteiger partial charge on any atom is -0.383 e.